The lowest BCUT2D eigenvalue weighted by Crippen LogP contribution is -2.37. The fourth-order valence-electron chi connectivity index (χ4n) is 3.08. The number of fused-ring (bicyclic) bond motifs is 1. The Morgan fingerprint density at radius 3 is 2.17 bits per heavy atom. The predicted molar refractivity (Wildman–Crippen MR) is 96.8 cm³/mol. The molecule has 2 nitrogen and oxygen atoms in total. The van der Waals surface area contributed by atoms with Crippen molar-refractivity contribution in [1.29, 1.82) is 0 Å². The number of hydrogen-bond acceptors (Lipinski definition) is 1. The number of aromatic hydroxyl groups is 1. The molecule has 0 atom stereocenters. The molecule has 0 aliphatic heterocycles. The van der Waals surface area contributed by atoms with Crippen LogP contribution in [0.1, 0.15) is 5.56 Å². The summed E-state index contributed by atoms with van der Waals surface area (Å²) in [4.78, 5) is 0. The molecule has 0 spiro atoms. The minimum absolute atomic E-state index is 0.286. The van der Waals surface area contributed by atoms with Gasteiger partial charge in [0.05, 0.1) is 0 Å². The lowest BCUT2D eigenvalue weighted by Gasteiger charge is -2.08. The van der Waals surface area contributed by atoms with Crippen molar-refractivity contribution in [2.24, 2.45) is 0 Å². The molecule has 4 rings (SSSR count). The first-order chi connectivity index (χ1) is 11.8. The number of rotatable bonds is 3. The molecule has 0 aliphatic rings. The molecule has 0 unspecified atom stereocenters. The molecule has 1 N–H and O–H groups in total. The van der Waals surface area contributed by atoms with E-state index in [0.717, 1.165) is 17.8 Å². The average molecular weight is 312 g/mol. The van der Waals surface area contributed by atoms with Crippen LogP contribution in [-0.2, 0) is 6.54 Å². The van der Waals surface area contributed by atoms with Crippen LogP contribution in [0.3, 0.4) is 0 Å². The van der Waals surface area contributed by atoms with Crippen molar-refractivity contribution in [1.82, 2.24) is 0 Å². The second-order valence-corrected chi connectivity index (χ2v) is 5.90. The van der Waals surface area contributed by atoms with Gasteiger partial charge < -0.3 is 5.11 Å². The summed E-state index contributed by atoms with van der Waals surface area (Å²) in [5.41, 5.74) is 4.69. The summed E-state index contributed by atoms with van der Waals surface area (Å²) in [6, 6.07) is 30.6. The molecule has 1 aromatic heterocycles. The van der Waals surface area contributed by atoms with E-state index in [2.05, 4.69) is 65.2 Å². The quantitative estimate of drug-likeness (QED) is 0.551. The number of nitrogens with zero attached hydrogens (tertiary/aromatic N) is 1. The van der Waals surface area contributed by atoms with E-state index in [1.54, 1.807) is 12.1 Å². The Kier molecular flexibility index (Phi) is 3.72. The molecule has 0 saturated carbocycles. The number of hydrogen-bond donors (Lipinski definition) is 1. The zero-order chi connectivity index (χ0) is 16.4. The predicted octanol–water partition coefficient (Wildman–Crippen LogP) is 4.55. The van der Waals surface area contributed by atoms with Crippen molar-refractivity contribution >= 4 is 10.9 Å². The molecule has 0 aliphatic carbocycles. The Bertz CT molecular complexity index is 976. The van der Waals surface area contributed by atoms with Crippen molar-refractivity contribution in [2.45, 2.75) is 6.54 Å². The highest BCUT2D eigenvalue weighted by molar-refractivity contribution is 5.77. The molecular weight excluding hydrogens is 294 g/mol. The van der Waals surface area contributed by atoms with Gasteiger partial charge in [-0.2, -0.15) is 4.57 Å². The number of phenols is 1. The monoisotopic (exact) mass is 312 g/mol. The van der Waals surface area contributed by atoms with Crippen LogP contribution in [0.15, 0.2) is 91.0 Å². The van der Waals surface area contributed by atoms with Crippen molar-refractivity contribution in [3.63, 3.8) is 0 Å². The first-order valence-electron chi connectivity index (χ1n) is 8.06. The van der Waals surface area contributed by atoms with Gasteiger partial charge in [-0.05, 0) is 36.4 Å². The number of para-hydroxylation sites is 1. The fourth-order valence-corrected chi connectivity index (χ4v) is 3.08. The van der Waals surface area contributed by atoms with E-state index in [1.165, 1.54) is 16.5 Å². The van der Waals surface area contributed by atoms with Crippen LogP contribution in [0.5, 0.6) is 5.75 Å². The van der Waals surface area contributed by atoms with Crippen molar-refractivity contribution in [3.8, 4) is 17.0 Å². The SMILES string of the molecule is Oc1ccc(-c2ccc3ccccc3[n+]2Cc2ccccc2)cc1. The van der Waals surface area contributed by atoms with Crippen LogP contribution < -0.4 is 4.57 Å². The van der Waals surface area contributed by atoms with Gasteiger partial charge in [-0.25, -0.2) is 0 Å². The Morgan fingerprint density at radius 1 is 0.667 bits per heavy atom. The van der Waals surface area contributed by atoms with E-state index in [9.17, 15) is 5.11 Å². The number of pyridine rings is 1. The van der Waals surface area contributed by atoms with Crippen molar-refractivity contribution < 1.29 is 9.67 Å². The summed E-state index contributed by atoms with van der Waals surface area (Å²) in [7, 11) is 0. The standard InChI is InChI=1S/C22H17NO/c24-20-13-10-19(11-14-20)22-15-12-18-8-4-5-9-21(18)23(22)16-17-6-2-1-3-7-17/h1-15H,16H2/p+1. The minimum atomic E-state index is 0.286. The number of benzene rings is 3. The van der Waals surface area contributed by atoms with Crippen LogP contribution in [0.2, 0.25) is 0 Å². The van der Waals surface area contributed by atoms with Crippen LogP contribution in [0, 0.1) is 0 Å². The zero-order valence-electron chi connectivity index (χ0n) is 13.3. The summed E-state index contributed by atoms with van der Waals surface area (Å²) in [6.07, 6.45) is 0. The van der Waals surface area contributed by atoms with Gasteiger partial charge in [0, 0.05) is 28.6 Å². The third kappa shape index (κ3) is 2.74. The molecule has 0 saturated heterocycles. The highest BCUT2D eigenvalue weighted by Crippen LogP contribution is 2.22. The molecule has 0 bridgehead atoms. The van der Waals surface area contributed by atoms with Gasteiger partial charge in [-0.3, -0.25) is 0 Å². The Hall–Kier alpha value is -3.13. The lowest BCUT2D eigenvalue weighted by atomic mass is 10.1. The zero-order valence-corrected chi connectivity index (χ0v) is 13.3. The maximum Gasteiger partial charge on any atom is 0.213 e. The normalized spacial score (nSPS) is 10.8. The van der Waals surface area contributed by atoms with E-state index in [-0.39, 0.29) is 5.75 Å². The van der Waals surface area contributed by atoms with Gasteiger partial charge in [0.25, 0.3) is 0 Å². The first kappa shape index (κ1) is 14.5. The summed E-state index contributed by atoms with van der Waals surface area (Å²) in [6.45, 7) is 0.804. The molecule has 0 amide bonds. The Morgan fingerprint density at radius 2 is 1.38 bits per heavy atom. The minimum Gasteiger partial charge on any atom is -0.508 e. The molecule has 0 fully saturated rings. The molecule has 1 heterocycles. The first-order valence-corrected chi connectivity index (χ1v) is 8.06. The molecular formula is C22H18NO+. The smallest absolute Gasteiger partial charge is 0.213 e. The van der Waals surface area contributed by atoms with Crippen LogP contribution in [-0.4, -0.2) is 5.11 Å². The highest BCUT2D eigenvalue weighted by Gasteiger charge is 2.17. The molecule has 3 aromatic carbocycles. The van der Waals surface area contributed by atoms with Gasteiger partial charge in [0.2, 0.25) is 11.2 Å². The maximum atomic E-state index is 9.57. The lowest BCUT2D eigenvalue weighted by molar-refractivity contribution is -0.651. The topological polar surface area (TPSA) is 24.1 Å². The Balaban J connectivity index is 1.92. The summed E-state index contributed by atoms with van der Waals surface area (Å²) in [5.74, 6) is 0.286. The van der Waals surface area contributed by atoms with Crippen LogP contribution in [0.25, 0.3) is 22.2 Å². The molecule has 4 aromatic rings. The second kappa shape index (κ2) is 6.17. The van der Waals surface area contributed by atoms with Gasteiger partial charge in [0.15, 0.2) is 6.54 Å². The number of phenolic OH excluding ortho intramolecular Hbond substituents is 1. The van der Waals surface area contributed by atoms with E-state index < -0.39 is 0 Å². The largest absolute Gasteiger partial charge is 0.508 e. The van der Waals surface area contributed by atoms with E-state index >= 15 is 0 Å². The summed E-state index contributed by atoms with van der Waals surface area (Å²) >= 11 is 0. The van der Waals surface area contributed by atoms with E-state index in [0.29, 0.717) is 0 Å². The van der Waals surface area contributed by atoms with Gasteiger partial charge in [-0.1, -0.05) is 42.5 Å². The molecule has 24 heavy (non-hydrogen) atoms. The van der Waals surface area contributed by atoms with Crippen molar-refractivity contribution in [2.75, 3.05) is 0 Å². The molecule has 0 radical (unpaired) electrons. The number of aromatic nitrogens is 1. The average Bonchev–Trinajstić information content (AvgIpc) is 2.64. The summed E-state index contributed by atoms with van der Waals surface area (Å²) in [5, 5.41) is 10.8. The Labute approximate surface area is 141 Å². The second-order valence-electron chi connectivity index (χ2n) is 5.90. The third-order valence-electron chi connectivity index (χ3n) is 4.29. The van der Waals surface area contributed by atoms with Gasteiger partial charge in [0.1, 0.15) is 5.75 Å². The highest BCUT2D eigenvalue weighted by atomic mass is 16.3. The summed E-state index contributed by atoms with van der Waals surface area (Å²) < 4.78 is 2.33. The van der Waals surface area contributed by atoms with Crippen LogP contribution >= 0.6 is 0 Å². The molecule has 116 valence electrons. The van der Waals surface area contributed by atoms with E-state index in [1.807, 2.05) is 18.2 Å². The fraction of sp³-hybridized carbons (Fsp3) is 0.0455. The van der Waals surface area contributed by atoms with Crippen LogP contribution in [0.4, 0.5) is 0 Å². The third-order valence-corrected chi connectivity index (χ3v) is 4.29. The van der Waals surface area contributed by atoms with Gasteiger partial charge in [-0.15, -0.1) is 0 Å². The van der Waals surface area contributed by atoms with Crippen molar-refractivity contribution in [3.05, 3.63) is 96.6 Å². The molecule has 2 heteroatoms. The van der Waals surface area contributed by atoms with Gasteiger partial charge >= 0.3 is 0 Å². The maximum absolute atomic E-state index is 9.57. The van der Waals surface area contributed by atoms with E-state index in [4.69, 9.17) is 0 Å².